The van der Waals surface area contributed by atoms with E-state index in [1.165, 1.54) is 0 Å². The first kappa shape index (κ1) is 5.88. The fourth-order valence-corrected chi connectivity index (χ4v) is 0.557. The maximum absolute atomic E-state index is 9.72. The molecular weight excluding hydrogens is 120 g/mol. The van der Waals surface area contributed by atoms with Crippen molar-refractivity contribution in [1.82, 2.24) is 0 Å². The molecule has 48 valence electrons. The average Bonchev–Trinajstić information content (AvgIpc) is 2.17. The Hall–Kier alpha value is -1.25. The van der Waals surface area contributed by atoms with Crippen molar-refractivity contribution >= 4 is 6.47 Å². The normalized spacial score (nSPS) is 16.4. The van der Waals surface area contributed by atoms with Gasteiger partial charge in [0, 0.05) is 6.08 Å². The van der Waals surface area contributed by atoms with Gasteiger partial charge in [0.2, 0.25) is 0 Å². The zero-order chi connectivity index (χ0) is 6.69. The van der Waals surface area contributed by atoms with E-state index in [1.807, 2.05) is 0 Å². The van der Waals surface area contributed by atoms with E-state index >= 15 is 0 Å². The Morgan fingerprint density at radius 3 is 3.11 bits per heavy atom. The summed E-state index contributed by atoms with van der Waals surface area (Å²) >= 11 is 0. The van der Waals surface area contributed by atoms with Gasteiger partial charge in [-0.3, -0.25) is 4.79 Å². The van der Waals surface area contributed by atoms with E-state index < -0.39 is 0 Å². The van der Waals surface area contributed by atoms with Gasteiger partial charge in [-0.2, -0.15) is 0 Å². The van der Waals surface area contributed by atoms with Gasteiger partial charge < -0.3 is 9.47 Å². The molecule has 3 nitrogen and oxygen atoms in total. The first-order chi connectivity index (χ1) is 4.33. The summed E-state index contributed by atoms with van der Waals surface area (Å²) in [5.41, 5.74) is 0. The van der Waals surface area contributed by atoms with Crippen molar-refractivity contribution in [3.63, 3.8) is 0 Å². The molecule has 9 heavy (non-hydrogen) atoms. The lowest BCUT2D eigenvalue weighted by Crippen LogP contribution is -1.90. The van der Waals surface area contributed by atoms with Crippen molar-refractivity contribution in [2.24, 2.45) is 0 Å². The molecule has 0 atom stereocenters. The Kier molecular flexibility index (Phi) is 1.53. The standard InChI is InChI=1S/C6H6O3/c1-5-2-6(3-8-5)9-4-7/h2,4H,1,3H2. The van der Waals surface area contributed by atoms with Crippen LogP contribution in [0.15, 0.2) is 24.2 Å². The second-order valence-corrected chi connectivity index (χ2v) is 1.58. The molecule has 0 bridgehead atoms. The molecule has 0 aliphatic carbocycles. The second-order valence-electron chi connectivity index (χ2n) is 1.58. The van der Waals surface area contributed by atoms with Crippen molar-refractivity contribution in [1.29, 1.82) is 0 Å². The van der Waals surface area contributed by atoms with Crippen LogP contribution in [0.3, 0.4) is 0 Å². The smallest absolute Gasteiger partial charge is 0.298 e. The fourth-order valence-electron chi connectivity index (χ4n) is 0.557. The highest BCUT2D eigenvalue weighted by Crippen LogP contribution is 2.12. The van der Waals surface area contributed by atoms with Crippen LogP contribution in [0.5, 0.6) is 0 Å². The van der Waals surface area contributed by atoms with E-state index in [2.05, 4.69) is 11.3 Å². The van der Waals surface area contributed by atoms with Crippen LogP contribution in [0.1, 0.15) is 0 Å². The number of hydrogen-bond donors (Lipinski definition) is 0. The Bertz CT molecular complexity index is 169. The molecule has 0 aromatic rings. The first-order valence-electron chi connectivity index (χ1n) is 2.45. The Morgan fingerprint density at radius 2 is 2.67 bits per heavy atom. The molecule has 1 aliphatic heterocycles. The zero-order valence-corrected chi connectivity index (χ0v) is 4.79. The summed E-state index contributed by atoms with van der Waals surface area (Å²) in [6.07, 6.45) is 1.58. The lowest BCUT2D eigenvalue weighted by atomic mass is 10.5. The highest BCUT2D eigenvalue weighted by Gasteiger charge is 2.07. The minimum atomic E-state index is 0.317. The molecule has 0 radical (unpaired) electrons. The minimum absolute atomic E-state index is 0.317. The van der Waals surface area contributed by atoms with Crippen molar-refractivity contribution in [2.45, 2.75) is 0 Å². The van der Waals surface area contributed by atoms with E-state index in [1.54, 1.807) is 6.08 Å². The third-order valence-electron chi connectivity index (χ3n) is 0.921. The van der Waals surface area contributed by atoms with E-state index in [0.717, 1.165) is 0 Å². The molecular formula is C6H6O3. The zero-order valence-electron chi connectivity index (χ0n) is 4.79. The Labute approximate surface area is 52.6 Å². The van der Waals surface area contributed by atoms with Crippen LogP contribution in [-0.4, -0.2) is 13.1 Å². The summed E-state index contributed by atoms with van der Waals surface area (Å²) in [5.74, 6) is 1.04. The van der Waals surface area contributed by atoms with Crippen molar-refractivity contribution in [3.8, 4) is 0 Å². The van der Waals surface area contributed by atoms with E-state index in [0.29, 0.717) is 24.6 Å². The third-order valence-corrected chi connectivity index (χ3v) is 0.921. The summed E-state index contributed by atoms with van der Waals surface area (Å²) in [6.45, 7) is 4.18. The van der Waals surface area contributed by atoms with Gasteiger partial charge in [0.1, 0.15) is 18.1 Å². The quantitative estimate of drug-likeness (QED) is 0.508. The average molecular weight is 126 g/mol. The van der Waals surface area contributed by atoms with Gasteiger partial charge in [0.15, 0.2) is 0 Å². The lowest BCUT2D eigenvalue weighted by Gasteiger charge is -1.93. The van der Waals surface area contributed by atoms with Crippen LogP contribution in [0.2, 0.25) is 0 Å². The molecule has 0 saturated heterocycles. The summed E-state index contributed by atoms with van der Waals surface area (Å²) in [7, 11) is 0. The summed E-state index contributed by atoms with van der Waals surface area (Å²) < 4.78 is 9.31. The van der Waals surface area contributed by atoms with Crippen LogP contribution >= 0.6 is 0 Å². The van der Waals surface area contributed by atoms with Crippen LogP contribution in [0.25, 0.3) is 0 Å². The highest BCUT2D eigenvalue weighted by atomic mass is 16.6. The van der Waals surface area contributed by atoms with Crippen LogP contribution in [-0.2, 0) is 14.3 Å². The predicted molar refractivity (Wildman–Crippen MR) is 30.3 cm³/mol. The monoisotopic (exact) mass is 126 g/mol. The number of allylic oxidation sites excluding steroid dienone is 1. The summed E-state index contributed by atoms with van der Waals surface area (Å²) in [4.78, 5) is 9.72. The largest absolute Gasteiger partial charge is 0.486 e. The molecule has 1 rings (SSSR count). The number of rotatable bonds is 2. The van der Waals surface area contributed by atoms with Gasteiger partial charge in [-0.25, -0.2) is 0 Å². The molecule has 0 spiro atoms. The summed E-state index contributed by atoms with van der Waals surface area (Å²) in [6, 6.07) is 0. The molecule has 0 unspecified atom stereocenters. The van der Waals surface area contributed by atoms with Crippen LogP contribution in [0, 0.1) is 0 Å². The van der Waals surface area contributed by atoms with Crippen molar-refractivity contribution < 1.29 is 14.3 Å². The topological polar surface area (TPSA) is 35.5 Å². The number of carbonyl (C=O) groups is 1. The van der Waals surface area contributed by atoms with Gasteiger partial charge >= 0.3 is 0 Å². The van der Waals surface area contributed by atoms with Crippen LogP contribution < -0.4 is 0 Å². The molecule has 0 aromatic carbocycles. The van der Waals surface area contributed by atoms with E-state index in [-0.39, 0.29) is 0 Å². The SMILES string of the molecule is C=C1C=C(OC=O)CO1. The molecule has 3 heteroatoms. The van der Waals surface area contributed by atoms with Gasteiger partial charge in [-0.05, 0) is 0 Å². The molecule has 1 aliphatic rings. The van der Waals surface area contributed by atoms with E-state index in [4.69, 9.17) is 4.74 Å². The maximum Gasteiger partial charge on any atom is 0.298 e. The lowest BCUT2D eigenvalue weighted by molar-refractivity contribution is -0.125. The van der Waals surface area contributed by atoms with Crippen LogP contribution in [0.4, 0.5) is 0 Å². The van der Waals surface area contributed by atoms with E-state index in [9.17, 15) is 4.79 Å². The molecule has 0 amide bonds. The fraction of sp³-hybridized carbons (Fsp3) is 0.167. The highest BCUT2D eigenvalue weighted by molar-refractivity contribution is 5.41. The third kappa shape index (κ3) is 1.32. The summed E-state index contributed by atoms with van der Waals surface area (Å²) in [5, 5.41) is 0. The Balaban J connectivity index is 2.51. The van der Waals surface area contributed by atoms with Crippen molar-refractivity contribution in [3.05, 3.63) is 24.2 Å². The molecule has 0 fully saturated rings. The molecule has 0 saturated carbocycles. The second kappa shape index (κ2) is 2.35. The van der Waals surface area contributed by atoms with Gasteiger partial charge in [0.25, 0.3) is 6.47 Å². The predicted octanol–water partition coefficient (Wildman–Crippen LogP) is 0.587. The number of ether oxygens (including phenoxy) is 2. The molecule has 0 N–H and O–H groups in total. The Morgan fingerprint density at radius 1 is 1.89 bits per heavy atom. The minimum Gasteiger partial charge on any atom is -0.486 e. The molecule has 0 aromatic heterocycles. The van der Waals surface area contributed by atoms with Crippen molar-refractivity contribution in [2.75, 3.05) is 6.61 Å². The number of carbonyl (C=O) groups excluding carboxylic acids is 1. The first-order valence-corrected chi connectivity index (χ1v) is 2.45. The molecule has 1 heterocycles. The van der Waals surface area contributed by atoms with Gasteiger partial charge in [0.05, 0.1) is 0 Å². The van der Waals surface area contributed by atoms with Gasteiger partial charge in [-0.15, -0.1) is 0 Å². The maximum atomic E-state index is 9.72. The number of hydrogen-bond acceptors (Lipinski definition) is 3. The van der Waals surface area contributed by atoms with Gasteiger partial charge in [-0.1, -0.05) is 6.58 Å².